The molecular weight excluding hydrogens is 302 g/mol. The van der Waals surface area contributed by atoms with E-state index >= 15 is 0 Å². The van der Waals surface area contributed by atoms with Crippen LogP contribution in [-0.2, 0) is 4.74 Å². The monoisotopic (exact) mass is 329 g/mol. The molecule has 4 nitrogen and oxygen atoms in total. The van der Waals surface area contributed by atoms with Crippen LogP contribution in [-0.4, -0.2) is 33.0 Å². The zero-order chi connectivity index (χ0) is 17.2. The summed E-state index contributed by atoms with van der Waals surface area (Å²) in [4.78, 5) is 0. The molecule has 1 unspecified atom stereocenters. The highest BCUT2D eigenvalue weighted by atomic mass is 16.5. The van der Waals surface area contributed by atoms with Gasteiger partial charge >= 0.3 is 0 Å². The number of methoxy groups -OCH3 is 1. The molecule has 2 aromatic carbocycles. The average Bonchev–Trinajstić information content (AvgIpc) is 2.61. The van der Waals surface area contributed by atoms with Crippen molar-refractivity contribution in [1.82, 2.24) is 0 Å². The van der Waals surface area contributed by atoms with Crippen LogP contribution in [0, 0.1) is 6.92 Å². The van der Waals surface area contributed by atoms with Crippen molar-refractivity contribution in [2.45, 2.75) is 26.4 Å². The molecule has 0 bridgehead atoms. The Morgan fingerprint density at radius 2 is 1.88 bits per heavy atom. The molecule has 0 heterocycles. The summed E-state index contributed by atoms with van der Waals surface area (Å²) in [5, 5.41) is 3.43. The van der Waals surface area contributed by atoms with Gasteiger partial charge in [0.05, 0.1) is 13.2 Å². The maximum atomic E-state index is 6.12. The summed E-state index contributed by atoms with van der Waals surface area (Å²) in [6, 6.07) is 16.1. The van der Waals surface area contributed by atoms with Gasteiger partial charge in [-0.3, -0.25) is 0 Å². The highest BCUT2D eigenvalue weighted by Gasteiger charge is 2.09. The second kappa shape index (κ2) is 9.83. The van der Waals surface area contributed by atoms with E-state index in [0.717, 1.165) is 35.7 Å². The molecule has 0 fully saturated rings. The summed E-state index contributed by atoms with van der Waals surface area (Å²) in [5.74, 6) is 1.78. The van der Waals surface area contributed by atoms with Gasteiger partial charge in [0.1, 0.15) is 24.2 Å². The van der Waals surface area contributed by atoms with Crippen molar-refractivity contribution in [3.05, 3.63) is 54.1 Å². The highest BCUT2D eigenvalue weighted by molar-refractivity contribution is 5.48. The summed E-state index contributed by atoms with van der Waals surface area (Å²) >= 11 is 0. The summed E-state index contributed by atoms with van der Waals surface area (Å²) in [6.07, 6.45) is 1.05. The minimum atomic E-state index is 0.115. The molecule has 1 N–H and O–H groups in total. The van der Waals surface area contributed by atoms with Crippen LogP contribution in [0.2, 0.25) is 0 Å². The van der Waals surface area contributed by atoms with Gasteiger partial charge in [0.25, 0.3) is 0 Å². The van der Waals surface area contributed by atoms with E-state index in [1.54, 1.807) is 7.11 Å². The fourth-order valence-corrected chi connectivity index (χ4v) is 2.31. The van der Waals surface area contributed by atoms with E-state index < -0.39 is 0 Å². The molecule has 0 aromatic heterocycles. The average molecular weight is 329 g/mol. The maximum Gasteiger partial charge on any atom is 0.122 e. The molecular formula is C20H27NO3. The van der Waals surface area contributed by atoms with Gasteiger partial charge in [-0.25, -0.2) is 0 Å². The number of nitrogens with one attached hydrogen (secondary N) is 1. The van der Waals surface area contributed by atoms with Crippen LogP contribution in [0.5, 0.6) is 11.5 Å². The lowest BCUT2D eigenvalue weighted by molar-refractivity contribution is 0.146. The van der Waals surface area contributed by atoms with Gasteiger partial charge in [-0.1, -0.05) is 31.2 Å². The van der Waals surface area contributed by atoms with E-state index in [9.17, 15) is 0 Å². The van der Waals surface area contributed by atoms with E-state index in [2.05, 4.69) is 25.2 Å². The molecule has 0 radical (unpaired) electrons. The third-order valence-corrected chi connectivity index (χ3v) is 3.77. The van der Waals surface area contributed by atoms with Gasteiger partial charge in [-0.2, -0.15) is 0 Å². The fourth-order valence-electron chi connectivity index (χ4n) is 2.31. The number of benzene rings is 2. The molecule has 1 atom stereocenters. The van der Waals surface area contributed by atoms with Gasteiger partial charge in [-0.15, -0.1) is 0 Å². The molecule has 2 rings (SSSR count). The molecule has 2 aromatic rings. The summed E-state index contributed by atoms with van der Waals surface area (Å²) in [7, 11) is 1.67. The van der Waals surface area contributed by atoms with Crippen LogP contribution >= 0.6 is 0 Å². The largest absolute Gasteiger partial charge is 0.491 e. The van der Waals surface area contributed by atoms with Gasteiger partial charge in [0.15, 0.2) is 0 Å². The van der Waals surface area contributed by atoms with Crippen molar-refractivity contribution in [1.29, 1.82) is 0 Å². The van der Waals surface area contributed by atoms with Gasteiger partial charge < -0.3 is 19.5 Å². The normalized spacial score (nSPS) is 11.8. The van der Waals surface area contributed by atoms with Crippen molar-refractivity contribution in [2.24, 2.45) is 0 Å². The van der Waals surface area contributed by atoms with Crippen molar-refractivity contribution >= 4 is 5.69 Å². The van der Waals surface area contributed by atoms with E-state index in [1.807, 2.05) is 42.5 Å². The highest BCUT2D eigenvalue weighted by Crippen LogP contribution is 2.20. The number of para-hydroxylation sites is 1. The Kier molecular flexibility index (Phi) is 7.43. The lowest BCUT2D eigenvalue weighted by Crippen LogP contribution is -2.25. The minimum absolute atomic E-state index is 0.115. The zero-order valence-corrected chi connectivity index (χ0v) is 14.7. The molecule has 130 valence electrons. The Morgan fingerprint density at radius 1 is 1.04 bits per heavy atom. The minimum Gasteiger partial charge on any atom is -0.491 e. The van der Waals surface area contributed by atoms with E-state index in [1.165, 1.54) is 0 Å². The first-order valence-corrected chi connectivity index (χ1v) is 8.41. The first-order valence-electron chi connectivity index (χ1n) is 8.41. The number of hydrogen-bond donors (Lipinski definition) is 1. The number of aryl methyl sites for hydroxylation is 1. The predicted molar refractivity (Wildman–Crippen MR) is 98.2 cm³/mol. The summed E-state index contributed by atoms with van der Waals surface area (Å²) in [6.45, 7) is 6.07. The Bertz CT molecular complexity index is 615. The molecule has 4 heteroatoms. The second-order valence-corrected chi connectivity index (χ2v) is 5.66. The van der Waals surface area contributed by atoms with Crippen LogP contribution in [0.1, 0.15) is 18.9 Å². The van der Waals surface area contributed by atoms with Crippen LogP contribution in [0.3, 0.4) is 0 Å². The third-order valence-electron chi connectivity index (χ3n) is 3.77. The molecule has 0 saturated carbocycles. The molecule has 0 aliphatic rings. The first kappa shape index (κ1) is 18.1. The Morgan fingerprint density at radius 3 is 2.62 bits per heavy atom. The Balaban J connectivity index is 1.88. The van der Waals surface area contributed by atoms with Crippen molar-refractivity contribution in [2.75, 3.05) is 32.2 Å². The first-order chi connectivity index (χ1) is 11.7. The van der Waals surface area contributed by atoms with Gasteiger partial charge in [-0.05, 0) is 37.1 Å². The van der Waals surface area contributed by atoms with Crippen LogP contribution < -0.4 is 14.8 Å². The maximum absolute atomic E-state index is 6.12. The molecule has 0 aliphatic heterocycles. The molecule has 24 heavy (non-hydrogen) atoms. The van der Waals surface area contributed by atoms with Crippen LogP contribution in [0.4, 0.5) is 5.69 Å². The SMILES string of the molecule is CCC(CNc1cccc(OCCOC)c1)Oc1ccccc1C. The van der Waals surface area contributed by atoms with Crippen molar-refractivity contribution in [3.8, 4) is 11.5 Å². The summed E-state index contributed by atoms with van der Waals surface area (Å²) in [5.41, 5.74) is 2.18. The standard InChI is InChI=1S/C20H27NO3/c1-4-18(24-20-11-6-5-8-16(20)2)15-21-17-9-7-10-19(14-17)23-13-12-22-3/h5-11,14,18,21H,4,12-13,15H2,1-3H3. The fraction of sp³-hybridized carbons (Fsp3) is 0.400. The number of anilines is 1. The van der Waals surface area contributed by atoms with Crippen molar-refractivity contribution in [3.63, 3.8) is 0 Å². The smallest absolute Gasteiger partial charge is 0.122 e. The molecule has 0 aliphatic carbocycles. The predicted octanol–water partition coefficient (Wildman–Crippen LogP) is 4.29. The van der Waals surface area contributed by atoms with Gasteiger partial charge in [0.2, 0.25) is 0 Å². The Hall–Kier alpha value is -2.20. The van der Waals surface area contributed by atoms with Gasteiger partial charge in [0, 0.05) is 18.9 Å². The topological polar surface area (TPSA) is 39.7 Å². The third kappa shape index (κ3) is 5.78. The second-order valence-electron chi connectivity index (χ2n) is 5.66. The van der Waals surface area contributed by atoms with Crippen LogP contribution in [0.25, 0.3) is 0 Å². The van der Waals surface area contributed by atoms with E-state index in [4.69, 9.17) is 14.2 Å². The van der Waals surface area contributed by atoms with Crippen molar-refractivity contribution < 1.29 is 14.2 Å². The molecule has 0 spiro atoms. The molecule has 0 saturated heterocycles. The quantitative estimate of drug-likeness (QED) is 0.660. The number of hydrogen-bond acceptors (Lipinski definition) is 4. The number of rotatable bonds is 10. The lowest BCUT2D eigenvalue weighted by atomic mass is 10.2. The van der Waals surface area contributed by atoms with Crippen LogP contribution in [0.15, 0.2) is 48.5 Å². The summed E-state index contributed by atoms with van der Waals surface area (Å²) < 4.78 is 16.7. The molecule has 0 amide bonds. The number of ether oxygens (including phenoxy) is 3. The Labute approximate surface area is 144 Å². The van der Waals surface area contributed by atoms with E-state index in [0.29, 0.717) is 13.2 Å². The zero-order valence-electron chi connectivity index (χ0n) is 14.7. The lowest BCUT2D eigenvalue weighted by Gasteiger charge is -2.20. The van der Waals surface area contributed by atoms with E-state index in [-0.39, 0.29) is 6.10 Å².